The third kappa shape index (κ3) is 3.29. The van der Waals surface area contributed by atoms with Crippen molar-refractivity contribution in [1.82, 2.24) is 14.8 Å². The molecule has 2 rings (SSSR count). The minimum absolute atomic E-state index is 0.227. The first kappa shape index (κ1) is 13.0. The van der Waals surface area contributed by atoms with Crippen LogP contribution in [0.1, 0.15) is 5.56 Å². The summed E-state index contributed by atoms with van der Waals surface area (Å²) < 4.78 is 1.75. The second-order valence-electron chi connectivity index (χ2n) is 3.91. The number of aromatic nitrogens is 2. The van der Waals surface area contributed by atoms with Gasteiger partial charge in [-0.15, -0.1) is 0 Å². The number of hydrogen-bond donors (Lipinski definition) is 0. The normalized spacial score (nSPS) is 10.8. The van der Waals surface area contributed by atoms with Gasteiger partial charge in [-0.3, -0.25) is 9.63 Å². The van der Waals surface area contributed by atoms with E-state index in [1.807, 2.05) is 36.5 Å². The Balaban J connectivity index is 2.10. The maximum Gasteiger partial charge on any atom is 0.269 e. The molecule has 0 saturated carbocycles. The van der Waals surface area contributed by atoms with E-state index in [-0.39, 0.29) is 5.91 Å². The Morgan fingerprint density at radius 2 is 2.11 bits per heavy atom. The third-order valence-electron chi connectivity index (χ3n) is 2.63. The Kier molecular flexibility index (Phi) is 4.10. The van der Waals surface area contributed by atoms with Gasteiger partial charge in [-0.2, -0.15) is 5.10 Å². The van der Waals surface area contributed by atoms with Gasteiger partial charge >= 0.3 is 0 Å². The molecule has 0 spiro atoms. The quantitative estimate of drug-likeness (QED) is 0.621. The van der Waals surface area contributed by atoms with Gasteiger partial charge in [0.2, 0.25) is 0 Å². The Bertz CT molecular complexity index is 575. The van der Waals surface area contributed by atoms with Crippen LogP contribution < -0.4 is 0 Å². The molecule has 1 amide bonds. The van der Waals surface area contributed by atoms with Crippen molar-refractivity contribution in [2.24, 2.45) is 0 Å². The first-order chi connectivity index (χ1) is 9.20. The minimum atomic E-state index is -0.227. The maximum atomic E-state index is 11.5. The summed E-state index contributed by atoms with van der Waals surface area (Å²) in [6.07, 6.45) is 6.69. The van der Waals surface area contributed by atoms with E-state index in [1.54, 1.807) is 24.0 Å². The standard InChI is InChI=1S/C14H15N3O2/c1-16(19-2)14(18)9-8-12-10-15-17(11-12)13-6-4-3-5-7-13/h3-11H,1-2H3/b9-8-. The van der Waals surface area contributed by atoms with Gasteiger partial charge in [-0.25, -0.2) is 9.75 Å². The first-order valence-corrected chi connectivity index (χ1v) is 5.80. The second kappa shape index (κ2) is 5.97. The predicted octanol–water partition coefficient (Wildman–Crippen LogP) is 1.91. The van der Waals surface area contributed by atoms with Crippen LogP contribution in [0.5, 0.6) is 0 Å². The molecule has 0 aliphatic carbocycles. The molecule has 98 valence electrons. The molecule has 1 aromatic carbocycles. The van der Waals surface area contributed by atoms with Crippen molar-refractivity contribution in [2.75, 3.05) is 14.2 Å². The van der Waals surface area contributed by atoms with Crippen LogP contribution in [-0.4, -0.2) is 34.9 Å². The highest BCUT2D eigenvalue weighted by Crippen LogP contribution is 2.08. The van der Waals surface area contributed by atoms with Crippen molar-refractivity contribution in [1.29, 1.82) is 0 Å². The number of carbonyl (C=O) groups is 1. The van der Waals surface area contributed by atoms with Gasteiger partial charge in [-0.1, -0.05) is 18.2 Å². The summed E-state index contributed by atoms with van der Waals surface area (Å²) in [7, 11) is 3.00. The summed E-state index contributed by atoms with van der Waals surface area (Å²) in [5.41, 5.74) is 1.82. The topological polar surface area (TPSA) is 47.4 Å². The van der Waals surface area contributed by atoms with Crippen molar-refractivity contribution in [2.45, 2.75) is 0 Å². The summed E-state index contributed by atoms with van der Waals surface area (Å²) in [6, 6.07) is 9.77. The first-order valence-electron chi connectivity index (χ1n) is 5.80. The van der Waals surface area contributed by atoms with Gasteiger partial charge < -0.3 is 0 Å². The maximum absolute atomic E-state index is 11.5. The zero-order chi connectivity index (χ0) is 13.7. The summed E-state index contributed by atoms with van der Waals surface area (Å²) in [6.45, 7) is 0. The number of hydroxylamine groups is 2. The molecule has 0 saturated heterocycles. The largest absolute Gasteiger partial charge is 0.274 e. The number of likely N-dealkylation sites (N-methyl/N-ethyl adjacent to an activating group) is 1. The molecule has 1 heterocycles. The molecule has 0 atom stereocenters. The predicted molar refractivity (Wildman–Crippen MR) is 72.4 cm³/mol. The molecular formula is C14H15N3O2. The number of amides is 1. The van der Waals surface area contributed by atoms with Crippen LogP contribution in [0.3, 0.4) is 0 Å². The van der Waals surface area contributed by atoms with Crippen LogP contribution >= 0.6 is 0 Å². The van der Waals surface area contributed by atoms with Gasteiger partial charge in [0, 0.05) is 24.9 Å². The van der Waals surface area contributed by atoms with E-state index < -0.39 is 0 Å². The van der Waals surface area contributed by atoms with Crippen LogP contribution in [0.15, 0.2) is 48.8 Å². The van der Waals surface area contributed by atoms with Crippen molar-refractivity contribution >= 4 is 12.0 Å². The summed E-state index contributed by atoms with van der Waals surface area (Å²) in [5.74, 6) is -0.227. The Hall–Kier alpha value is -2.40. The molecule has 1 aromatic heterocycles. The fraction of sp³-hybridized carbons (Fsp3) is 0.143. The number of para-hydroxylation sites is 1. The van der Waals surface area contributed by atoms with Crippen molar-refractivity contribution < 1.29 is 9.63 Å². The molecule has 0 bridgehead atoms. The average Bonchev–Trinajstić information content (AvgIpc) is 2.93. The van der Waals surface area contributed by atoms with Crippen molar-refractivity contribution in [3.8, 4) is 5.69 Å². The van der Waals surface area contributed by atoms with Gasteiger partial charge in [0.1, 0.15) is 0 Å². The minimum Gasteiger partial charge on any atom is -0.274 e. The average molecular weight is 257 g/mol. The third-order valence-corrected chi connectivity index (χ3v) is 2.63. The second-order valence-corrected chi connectivity index (χ2v) is 3.91. The summed E-state index contributed by atoms with van der Waals surface area (Å²) in [5, 5.41) is 5.39. The monoisotopic (exact) mass is 257 g/mol. The van der Waals surface area contributed by atoms with Gasteiger partial charge in [0.25, 0.3) is 5.91 Å². The smallest absolute Gasteiger partial charge is 0.269 e. The van der Waals surface area contributed by atoms with Gasteiger partial charge in [0.15, 0.2) is 0 Å². The van der Waals surface area contributed by atoms with E-state index >= 15 is 0 Å². The van der Waals surface area contributed by atoms with Crippen LogP contribution in [0, 0.1) is 0 Å². The van der Waals surface area contributed by atoms with E-state index in [2.05, 4.69) is 5.10 Å². The van der Waals surface area contributed by atoms with Crippen LogP contribution in [0.4, 0.5) is 0 Å². The molecule has 0 fully saturated rings. The zero-order valence-electron chi connectivity index (χ0n) is 10.9. The van der Waals surface area contributed by atoms with Gasteiger partial charge in [-0.05, 0) is 18.2 Å². The zero-order valence-corrected chi connectivity index (χ0v) is 10.9. The molecule has 0 aliphatic heterocycles. The molecule has 0 radical (unpaired) electrons. The fourth-order valence-electron chi connectivity index (χ4n) is 1.51. The molecule has 0 unspecified atom stereocenters. The lowest BCUT2D eigenvalue weighted by molar-refractivity contribution is -0.162. The molecule has 19 heavy (non-hydrogen) atoms. The lowest BCUT2D eigenvalue weighted by Crippen LogP contribution is -2.22. The fourth-order valence-corrected chi connectivity index (χ4v) is 1.51. The number of nitrogens with zero attached hydrogens (tertiary/aromatic N) is 3. The molecule has 5 nitrogen and oxygen atoms in total. The Morgan fingerprint density at radius 1 is 1.37 bits per heavy atom. The number of benzene rings is 1. The summed E-state index contributed by atoms with van der Waals surface area (Å²) >= 11 is 0. The van der Waals surface area contributed by atoms with E-state index in [9.17, 15) is 4.79 Å². The number of hydrogen-bond acceptors (Lipinski definition) is 3. The van der Waals surface area contributed by atoms with Crippen molar-refractivity contribution in [3.05, 3.63) is 54.4 Å². The van der Waals surface area contributed by atoms with Crippen LogP contribution in [0.25, 0.3) is 11.8 Å². The van der Waals surface area contributed by atoms with E-state index in [4.69, 9.17) is 4.84 Å². The lowest BCUT2D eigenvalue weighted by atomic mass is 10.3. The number of rotatable bonds is 4. The number of carbonyl (C=O) groups excluding carboxylic acids is 1. The highest BCUT2D eigenvalue weighted by Gasteiger charge is 2.03. The molecule has 0 N–H and O–H groups in total. The van der Waals surface area contributed by atoms with Crippen LogP contribution in [0.2, 0.25) is 0 Å². The van der Waals surface area contributed by atoms with Gasteiger partial charge in [0.05, 0.1) is 19.0 Å². The van der Waals surface area contributed by atoms with E-state index in [1.165, 1.54) is 13.2 Å². The SMILES string of the molecule is CON(C)C(=O)/C=C\c1cnn(-c2ccccc2)c1. The molecular weight excluding hydrogens is 242 g/mol. The Labute approximate surface area is 111 Å². The van der Waals surface area contributed by atoms with Crippen molar-refractivity contribution in [3.63, 3.8) is 0 Å². The highest BCUT2D eigenvalue weighted by molar-refractivity contribution is 5.90. The van der Waals surface area contributed by atoms with Crippen LogP contribution in [-0.2, 0) is 9.63 Å². The summed E-state index contributed by atoms with van der Waals surface area (Å²) in [4.78, 5) is 16.3. The van der Waals surface area contributed by atoms with E-state index in [0.29, 0.717) is 0 Å². The molecule has 0 aliphatic rings. The molecule has 5 heteroatoms. The lowest BCUT2D eigenvalue weighted by Gasteiger charge is -2.09. The molecule has 2 aromatic rings. The Morgan fingerprint density at radius 3 is 2.79 bits per heavy atom. The van der Waals surface area contributed by atoms with E-state index in [0.717, 1.165) is 16.3 Å². The highest BCUT2D eigenvalue weighted by atomic mass is 16.7.